The van der Waals surface area contributed by atoms with Crippen molar-refractivity contribution in [2.45, 2.75) is 0 Å². The summed E-state index contributed by atoms with van der Waals surface area (Å²) in [5, 5.41) is 8.47. The number of fused-ring (bicyclic) bond motifs is 4. The third kappa shape index (κ3) is 3.04. The summed E-state index contributed by atoms with van der Waals surface area (Å²) in [4.78, 5) is 22.3. The molecule has 9 nitrogen and oxygen atoms in total. The van der Waals surface area contributed by atoms with Crippen LogP contribution in [-0.4, -0.2) is 53.2 Å². The van der Waals surface area contributed by atoms with Gasteiger partial charge in [-0.25, -0.2) is 12.8 Å². The second kappa shape index (κ2) is 7.26. The zero-order valence-electron chi connectivity index (χ0n) is 17.8. The Kier molecular flexibility index (Phi) is 4.40. The van der Waals surface area contributed by atoms with Gasteiger partial charge >= 0.3 is 0 Å². The van der Waals surface area contributed by atoms with E-state index in [1.807, 2.05) is 17.0 Å². The Balaban J connectivity index is 1.72. The first kappa shape index (κ1) is 20.6. The molecule has 0 atom stereocenters. The highest BCUT2D eigenvalue weighted by atomic mass is 32.2. The van der Waals surface area contributed by atoms with E-state index in [0.717, 1.165) is 5.69 Å². The highest BCUT2D eigenvalue weighted by Crippen LogP contribution is 2.40. The SMILES string of the molecule is Nc1c(-c2ccc(F)c3[nH]ncc23)c2cc(N3CCS(=O)(=O)CC3)c3ncccc3c2[nH]c1=O. The monoisotopic (exact) mass is 478 g/mol. The number of aromatic amines is 2. The number of anilines is 2. The molecule has 1 aliphatic heterocycles. The molecular formula is C23H19FN6O3S. The summed E-state index contributed by atoms with van der Waals surface area (Å²) in [5.41, 5.74) is 9.02. The number of nitrogen functional groups attached to an aromatic ring is 1. The van der Waals surface area contributed by atoms with Crippen molar-refractivity contribution in [2.24, 2.45) is 0 Å². The van der Waals surface area contributed by atoms with Crippen molar-refractivity contribution in [3.05, 3.63) is 58.9 Å². The number of hydrogen-bond donors (Lipinski definition) is 3. The van der Waals surface area contributed by atoms with Gasteiger partial charge in [0.15, 0.2) is 9.84 Å². The van der Waals surface area contributed by atoms with Crippen LogP contribution in [0.25, 0.3) is 43.8 Å². The molecule has 0 spiro atoms. The number of aromatic nitrogens is 4. The summed E-state index contributed by atoms with van der Waals surface area (Å²) in [6, 6.07) is 8.38. The van der Waals surface area contributed by atoms with E-state index >= 15 is 0 Å². The Morgan fingerprint density at radius 3 is 2.65 bits per heavy atom. The third-order valence-electron chi connectivity index (χ3n) is 6.41. The van der Waals surface area contributed by atoms with Crippen LogP contribution in [0, 0.1) is 5.82 Å². The standard InChI is InChI=1S/C23H19FN6O3S/c24-16-4-3-12(15-11-27-29-21(15)16)18-14-10-17(30-6-8-34(32,33)9-7-30)22-13(2-1-5-26-22)20(14)28-23(31)19(18)25/h1-5,10-11H,6-9,25H2,(H,27,29)(H,28,31). The summed E-state index contributed by atoms with van der Waals surface area (Å²) in [6.45, 7) is 0.659. The summed E-state index contributed by atoms with van der Waals surface area (Å²) in [5.74, 6) is -0.366. The van der Waals surface area contributed by atoms with Crippen molar-refractivity contribution in [1.29, 1.82) is 0 Å². The molecule has 0 unspecified atom stereocenters. The predicted molar refractivity (Wildman–Crippen MR) is 130 cm³/mol. The Hall–Kier alpha value is -3.99. The van der Waals surface area contributed by atoms with Crippen molar-refractivity contribution in [1.82, 2.24) is 20.2 Å². The van der Waals surface area contributed by atoms with Gasteiger partial charge in [0.2, 0.25) is 0 Å². The average molecular weight is 479 g/mol. The Morgan fingerprint density at radius 2 is 1.85 bits per heavy atom. The largest absolute Gasteiger partial charge is 0.394 e. The molecule has 0 amide bonds. The number of pyridine rings is 2. The van der Waals surface area contributed by atoms with Gasteiger partial charge in [0.1, 0.15) is 17.0 Å². The molecule has 4 heterocycles. The second-order valence-corrected chi connectivity index (χ2v) is 10.7. The zero-order valence-corrected chi connectivity index (χ0v) is 18.6. The number of H-pyrrole nitrogens is 2. The van der Waals surface area contributed by atoms with Crippen LogP contribution in [0.4, 0.5) is 15.8 Å². The van der Waals surface area contributed by atoms with Crippen LogP contribution < -0.4 is 16.2 Å². The van der Waals surface area contributed by atoms with E-state index in [4.69, 9.17) is 5.73 Å². The number of nitrogens with zero attached hydrogens (tertiary/aromatic N) is 3. The van der Waals surface area contributed by atoms with Gasteiger partial charge in [-0.2, -0.15) is 5.10 Å². The fourth-order valence-electron chi connectivity index (χ4n) is 4.71. The molecule has 1 fully saturated rings. The summed E-state index contributed by atoms with van der Waals surface area (Å²) >= 11 is 0. The molecule has 34 heavy (non-hydrogen) atoms. The minimum atomic E-state index is -3.08. The van der Waals surface area contributed by atoms with Crippen molar-refractivity contribution in [3.63, 3.8) is 0 Å². The average Bonchev–Trinajstić information content (AvgIpc) is 3.32. The summed E-state index contributed by atoms with van der Waals surface area (Å²) in [7, 11) is -3.08. The number of nitrogens with two attached hydrogens (primary N) is 1. The van der Waals surface area contributed by atoms with Gasteiger partial charge in [0.05, 0.1) is 34.4 Å². The third-order valence-corrected chi connectivity index (χ3v) is 8.02. The van der Waals surface area contributed by atoms with Crippen LogP contribution in [0.1, 0.15) is 0 Å². The molecule has 0 saturated carbocycles. The van der Waals surface area contributed by atoms with Crippen molar-refractivity contribution in [3.8, 4) is 11.1 Å². The van der Waals surface area contributed by atoms with Gasteiger partial charge < -0.3 is 15.6 Å². The van der Waals surface area contributed by atoms with E-state index in [-0.39, 0.29) is 22.7 Å². The first-order valence-corrected chi connectivity index (χ1v) is 12.5. The lowest BCUT2D eigenvalue weighted by molar-refractivity contribution is 0.587. The van der Waals surface area contributed by atoms with E-state index in [2.05, 4.69) is 20.2 Å². The molecular weight excluding hydrogens is 459 g/mol. The minimum Gasteiger partial charge on any atom is -0.394 e. The van der Waals surface area contributed by atoms with Crippen LogP contribution in [0.2, 0.25) is 0 Å². The highest BCUT2D eigenvalue weighted by Gasteiger charge is 2.26. The summed E-state index contributed by atoms with van der Waals surface area (Å²) < 4.78 is 38.4. The fourth-order valence-corrected chi connectivity index (χ4v) is 5.91. The fraction of sp³-hybridized carbons (Fsp3) is 0.174. The van der Waals surface area contributed by atoms with Gasteiger partial charge in [0, 0.05) is 41.0 Å². The first-order chi connectivity index (χ1) is 16.3. The maximum Gasteiger partial charge on any atom is 0.272 e. The second-order valence-electron chi connectivity index (χ2n) is 8.35. The topological polar surface area (TPSA) is 138 Å². The molecule has 1 saturated heterocycles. The van der Waals surface area contributed by atoms with Gasteiger partial charge in [0.25, 0.3) is 5.56 Å². The normalized spacial score (nSPS) is 16.0. The highest BCUT2D eigenvalue weighted by molar-refractivity contribution is 7.91. The maximum atomic E-state index is 14.4. The molecule has 1 aliphatic rings. The number of rotatable bonds is 2. The van der Waals surface area contributed by atoms with E-state index < -0.39 is 21.2 Å². The van der Waals surface area contributed by atoms with Gasteiger partial charge in [-0.05, 0) is 29.8 Å². The zero-order chi connectivity index (χ0) is 23.6. The minimum absolute atomic E-state index is 0.00276. The van der Waals surface area contributed by atoms with Crippen molar-refractivity contribution < 1.29 is 12.8 Å². The van der Waals surface area contributed by atoms with Crippen molar-refractivity contribution >= 4 is 53.9 Å². The molecule has 11 heteroatoms. The molecule has 2 aromatic carbocycles. The molecule has 0 bridgehead atoms. The van der Waals surface area contributed by atoms with Crippen LogP contribution in [0.15, 0.2) is 47.5 Å². The lowest BCUT2D eigenvalue weighted by Gasteiger charge is -2.30. The lowest BCUT2D eigenvalue weighted by Crippen LogP contribution is -2.40. The number of nitrogens with one attached hydrogen (secondary N) is 2. The van der Waals surface area contributed by atoms with Gasteiger partial charge in [-0.1, -0.05) is 6.07 Å². The molecule has 0 radical (unpaired) electrons. The van der Waals surface area contributed by atoms with Gasteiger partial charge in [-0.15, -0.1) is 0 Å². The maximum absolute atomic E-state index is 14.4. The molecule has 0 aliphatic carbocycles. The number of halogens is 1. The van der Waals surface area contributed by atoms with Crippen LogP contribution in [-0.2, 0) is 9.84 Å². The number of hydrogen-bond acceptors (Lipinski definition) is 7. The number of sulfone groups is 1. The quantitative estimate of drug-likeness (QED) is 0.332. The van der Waals surface area contributed by atoms with E-state index in [1.165, 1.54) is 12.3 Å². The van der Waals surface area contributed by atoms with Crippen LogP contribution in [0.5, 0.6) is 0 Å². The Labute approximate surface area is 192 Å². The predicted octanol–water partition coefficient (Wildman–Crippen LogP) is 2.58. The molecule has 3 aromatic heterocycles. The molecule has 5 aromatic rings. The first-order valence-electron chi connectivity index (χ1n) is 10.6. The summed E-state index contributed by atoms with van der Waals surface area (Å²) in [6.07, 6.45) is 3.16. The molecule has 6 rings (SSSR count). The molecule has 4 N–H and O–H groups in total. The van der Waals surface area contributed by atoms with Crippen LogP contribution in [0.3, 0.4) is 0 Å². The molecule has 172 valence electrons. The van der Waals surface area contributed by atoms with Crippen LogP contribution >= 0.6 is 0 Å². The van der Waals surface area contributed by atoms with E-state index in [1.54, 1.807) is 18.3 Å². The lowest BCUT2D eigenvalue weighted by atomic mass is 9.94. The van der Waals surface area contributed by atoms with Gasteiger partial charge in [-0.3, -0.25) is 14.9 Å². The Bertz CT molecular complexity index is 1780. The van der Waals surface area contributed by atoms with E-state index in [0.29, 0.717) is 51.4 Å². The number of benzene rings is 2. The smallest absolute Gasteiger partial charge is 0.272 e. The van der Waals surface area contributed by atoms with Crippen molar-refractivity contribution in [2.75, 3.05) is 35.2 Å². The van der Waals surface area contributed by atoms with E-state index in [9.17, 15) is 17.6 Å². The Morgan fingerprint density at radius 1 is 1.06 bits per heavy atom.